The first-order chi connectivity index (χ1) is 16.6. The van der Waals surface area contributed by atoms with E-state index in [0.717, 1.165) is 52.7 Å². The molecule has 0 saturated carbocycles. The number of aromatic hydroxyl groups is 1. The molecule has 34 heavy (non-hydrogen) atoms. The zero-order chi connectivity index (χ0) is 23.5. The highest BCUT2D eigenvalue weighted by Gasteiger charge is 2.19. The summed E-state index contributed by atoms with van der Waals surface area (Å²) in [5.41, 5.74) is 3.32. The summed E-state index contributed by atoms with van der Waals surface area (Å²) in [6.45, 7) is 2.63. The number of phenols is 1. The van der Waals surface area contributed by atoms with E-state index in [1.165, 1.54) is 16.9 Å². The molecule has 172 valence electrons. The van der Waals surface area contributed by atoms with Crippen LogP contribution < -0.4 is 5.56 Å². The summed E-state index contributed by atoms with van der Waals surface area (Å²) in [6.07, 6.45) is 4.50. The molecule has 5 rings (SSSR count). The Morgan fingerprint density at radius 2 is 1.59 bits per heavy atom. The van der Waals surface area contributed by atoms with E-state index in [1.807, 2.05) is 59.2 Å². The van der Waals surface area contributed by atoms with Crippen LogP contribution in [0.5, 0.6) is 5.75 Å². The predicted molar refractivity (Wildman–Crippen MR) is 141 cm³/mol. The Labute approximate surface area is 203 Å². The van der Waals surface area contributed by atoms with Crippen LogP contribution in [-0.4, -0.2) is 14.7 Å². The summed E-state index contributed by atoms with van der Waals surface area (Å²) in [6, 6.07) is 24.3. The number of phenolic OH excluding ortho intramolecular Hbond substituents is 1. The van der Waals surface area contributed by atoms with Crippen molar-refractivity contribution in [3.8, 4) is 5.75 Å². The first-order valence-electron chi connectivity index (χ1n) is 11.9. The molecular weight excluding hydrogens is 440 g/mol. The molecule has 0 fully saturated rings. The van der Waals surface area contributed by atoms with E-state index in [9.17, 15) is 9.90 Å². The largest absolute Gasteiger partial charge is 0.506 e. The third-order valence-electron chi connectivity index (χ3n) is 6.29. The Bertz CT molecular complexity index is 1490. The van der Waals surface area contributed by atoms with Gasteiger partial charge in [-0.2, -0.15) is 0 Å². The predicted octanol–water partition coefficient (Wildman–Crippen LogP) is 6.49. The van der Waals surface area contributed by atoms with Crippen LogP contribution in [-0.2, 0) is 25.8 Å². The Balaban J connectivity index is 1.66. The number of aromatic nitrogens is 2. The number of hydrogen-bond acceptors (Lipinski definition) is 4. The third-order valence-corrected chi connectivity index (χ3v) is 7.42. The van der Waals surface area contributed by atoms with E-state index in [-0.39, 0.29) is 11.3 Å². The minimum Gasteiger partial charge on any atom is -0.506 e. The Hall–Kier alpha value is -3.44. The fourth-order valence-corrected chi connectivity index (χ4v) is 5.57. The summed E-state index contributed by atoms with van der Waals surface area (Å²) in [5, 5.41) is 12.2. The fraction of sp³-hybridized carbons (Fsp3) is 0.241. The smallest absolute Gasteiger partial charge is 0.263 e. The Morgan fingerprint density at radius 1 is 0.882 bits per heavy atom. The zero-order valence-electron chi connectivity index (χ0n) is 19.3. The van der Waals surface area contributed by atoms with Crippen LogP contribution in [0.15, 0.2) is 77.6 Å². The lowest BCUT2D eigenvalue weighted by Crippen LogP contribution is -2.26. The summed E-state index contributed by atoms with van der Waals surface area (Å²) in [7, 11) is 0. The van der Waals surface area contributed by atoms with Crippen LogP contribution in [0.1, 0.15) is 42.3 Å². The second-order valence-corrected chi connectivity index (χ2v) is 9.77. The number of unbranched alkanes of at least 4 members (excludes halogenated alkanes) is 1. The van der Waals surface area contributed by atoms with E-state index >= 15 is 0 Å². The number of nitrogens with zero attached hydrogens (tertiary/aromatic N) is 2. The topological polar surface area (TPSA) is 55.1 Å². The number of aryl methyl sites for hydroxylation is 3. The van der Waals surface area contributed by atoms with Crippen LogP contribution >= 0.6 is 11.3 Å². The minimum absolute atomic E-state index is 0.0322. The normalized spacial score (nSPS) is 11.4. The van der Waals surface area contributed by atoms with Gasteiger partial charge in [0.15, 0.2) is 0 Å². The van der Waals surface area contributed by atoms with Gasteiger partial charge in [0.05, 0.1) is 16.6 Å². The molecule has 0 unspecified atom stereocenters. The van der Waals surface area contributed by atoms with Crippen molar-refractivity contribution in [1.29, 1.82) is 0 Å². The third kappa shape index (κ3) is 4.48. The highest BCUT2D eigenvalue weighted by Crippen LogP contribution is 2.38. The van der Waals surface area contributed by atoms with E-state index < -0.39 is 0 Å². The van der Waals surface area contributed by atoms with Gasteiger partial charge < -0.3 is 5.11 Å². The highest BCUT2D eigenvalue weighted by molar-refractivity contribution is 7.25. The van der Waals surface area contributed by atoms with E-state index in [2.05, 4.69) is 25.1 Å². The van der Waals surface area contributed by atoms with Crippen molar-refractivity contribution in [3.05, 3.63) is 106 Å². The molecule has 4 nitrogen and oxygen atoms in total. The lowest BCUT2D eigenvalue weighted by molar-refractivity contribution is 0.481. The Kier molecular flexibility index (Phi) is 6.45. The molecule has 1 N–H and O–H groups in total. The van der Waals surface area contributed by atoms with Gasteiger partial charge in [0.1, 0.15) is 16.4 Å². The van der Waals surface area contributed by atoms with Crippen molar-refractivity contribution in [2.45, 2.75) is 45.6 Å². The monoisotopic (exact) mass is 468 g/mol. The highest BCUT2D eigenvalue weighted by atomic mass is 32.1. The zero-order valence-corrected chi connectivity index (χ0v) is 20.1. The van der Waals surface area contributed by atoms with Crippen molar-refractivity contribution in [2.24, 2.45) is 0 Å². The number of fused-ring (bicyclic) bond motifs is 3. The van der Waals surface area contributed by atoms with Gasteiger partial charge in [-0.1, -0.05) is 74.0 Å². The van der Waals surface area contributed by atoms with Crippen molar-refractivity contribution in [1.82, 2.24) is 9.55 Å². The minimum atomic E-state index is -0.0322. The van der Waals surface area contributed by atoms with Gasteiger partial charge in [-0.05, 0) is 48.1 Å². The van der Waals surface area contributed by atoms with Gasteiger partial charge in [-0.15, -0.1) is 11.3 Å². The molecule has 0 atom stereocenters. The quantitative estimate of drug-likeness (QED) is 0.283. The number of thiophene rings is 1. The molecule has 0 amide bonds. The molecule has 0 bridgehead atoms. The lowest BCUT2D eigenvalue weighted by atomic mass is 10.0. The van der Waals surface area contributed by atoms with Crippen molar-refractivity contribution >= 4 is 31.6 Å². The van der Waals surface area contributed by atoms with Crippen molar-refractivity contribution in [3.63, 3.8) is 0 Å². The van der Waals surface area contributed by atoms with Gasteiger partial charge in [-0.25, -0.2) is 4.98 Å². The molecule has 3 aromatic carbocycles. The maximum Gasteiger partial charge on any atom is 0.263 e. The SMILES string of the molecule is CCCCc1cc(O)c2sc3nc(CCc4ccccc4)n(Cc4ccccc4)c(=O)c3c2c1. The molecular formula is C29H28N2O2S. The van der Waals surface area contributed by atoms with Crippen LogP contribution in [0.2, 0.25) is 0 Å². The molecule has 2 heterocycles. The molecule has 0 aliphatic rings. The number of benzene rings is 3. The molecule has 0 aliphatic carbocycles. The molecule has 0 radical (unpaired) electrons. The van der Waals surface area contributed by atoms with Gasteiger partial charge in [0.25, 0.3) is 5.56 Å². The molecule has 0 spiro atoms. The number of hydrogen-bond donors (Lipinski definition) is 1. The van der Waals surface area contributed by atoms with Gasteiger partial charge >= 0.3 is 0 Å². The van der Waals surface area contributed by atoms with Crippen LogP contribution in [0.4, 0.5) is 0 Å². The summed E-state index contributed by atoms with van der Waals surface area (Å²) >= 11 is 1.41. The maximum absolute atomic E-state index is 13.9. The standard InChI is InChI=1S/C29H28N2O2S/c1-2-3-10-22-17-23-26-28(34-27(23)24(32)18-22)30-25(16-15-20-11-6-4-7-12-20)31(29(26)33)19-21-13-8-5-9-14-21/h4-9,11-14,17-18,32H,2-3,10,15-16,19H2,1H3. The fourth-order valence-electron chi connectivity index (χ4n) is 4.49. The average molecular weight is 469 g/mol. The molecule has 2 aromatic heterocycles. The van der Waals surface area contributed by atoms with Crippen LogP contribution in [0.25, 0.3) is 20.3 Å². The molecule has 5 aromatic rings. The van der Waals surface area contributed by atoms with E-state index in [1.54, 1.807) is 0 Å². The lowest BCUT2D eigenvalue weighted by Gasteiger charge is -2.13. The summed E-state index contributed by atoms with van der Waals surface area (Å²) in [5.74, 6) is 1.02. The first-order valence-corrected chi connectivity index (χ1v) is 12.7. The summed E-state index contributed by atoms with van der Waals surface area (Å²) < 4.78 is 2.56. The van der Waals surface area contributed by atoms with Crippen molar-refractivity contribution < 1.29 is 5.11 Å². The molecule has 0 aliphatic heterocycles. The molecule has 0 saturated heterocycles. The first kappa shape index (κ1) is 22.4. The Morgan fingerprint density at radius 3 is 2.29 bits per heavy atom. The van der Waals surface area contributed by atoms with E-state index in [4.69, 9.17) is 4.98 Å². The number of rotatable bonds is 8. The maximum atomic E-state index is 13.9. The van der Waals surface area contributed by atoms with E-state index in [0.29, 0.717) is 23.2 Å². The van der Waals surface area contributed by atoms with Gasteiger partial charge in [0.2, 0.25) is 0 Å². The summed E-state index contributed by atoms with van der Waals surface area (Å²) in [4.78, 5) is 19.6. The van der Waals surface area contributed by atoms with Crippen LogP contribution in [0, 0.1) is 0 Å². The molecule has 5 heteroatoms. The van der Waals surface area contributed by atoms with Crippen LogP contribution in [0.3, 0.4) is 0 Å². The van der Waals surface area contributed by atoms with Gasteiger partial charge in [-0.3, -0.25) is 9.36 Å². The average Bonchev–Trinajstić information content (AvgIpc) is 3.24. The van der Waals surface area contributed by atoms with Crippen molar-refractivity contribution in [2.75, 3.05) is 0 Å². The second-order valence-electron chi connectivity index (χ2n) is 8.77. The second kappa shape index (κ2) is 9.82. The van der Waals surface area contributed by atoms with Gasteiger partial charge in [0, 0.05) is 11.8 Å².